The van der Waals surface area contributed by atoms with Crippen LogP contribution >= 0.6 is 11.3 Å². The highest BCUT2D eigenvalue weighted by molar-refractivity contribution is 7.09. The van der Waals surface area contributed by atoms with Gasteiger partial charge in [0.15, 0.2) is 4.80 Å². The van der Waals surface area contributed by atoms with Crippen LogP contribution in [0.3, 0.4) is 0 Å². The van der Waals surface area contributed by atoms with Gasteiger partial charge in [-0.25, -0.2) is 0 Å². The molecule has 0 spiro atoms. The van der Waals surface area contributed by atoms with Crippen LogP contribution in [-0.4, -0.2) is 10.5 Å². The summed E-state index contributed by atoms with van der Waals surface area (Å²) in [7, 11) is 0. The molecule has 22 heavy (non-hydrogen) atoms. The molecule has 0 unspecified atom stereocenters. The standard InChI is InChI=1S/C18H30N2OS/c1-8-9-10-11-20-12(2)13(3)22-16(20)19-15(21)14-17(4,5)18(14,6)7/h14H,8-11H2,1-7H3/b19-16-. The number of hydrogen-bond acceptors (Lipinski definition) is 2. The molecule has 0 bridgehead atoms. The number of hydrogen-bond donors (Lipinski definition) is 0. The highest BCUT2D eigenvalue weighted by Crippen LogP contribution is 2.68. The van der Waals surface area contributed by atoms with Crippen LogP contribution in [0.4, 0.5) is 0 Å². The Bertz CT molecular complexity index is 620. The summed E-state index contributed by atoms with van der Waals surface area (Å²) in [5.41, 5.74) is 1.37. The van der Waals surface area contributed by atoms with E-state index in [0.717, 1.165) is 17.8 Å². The van der Waals surface area contributed by atoms with Crippen molar-refractivity contribution in [2.45, 2.75) is 74.3 Å². The van der Waals surface area contributed by atoms with Crippen LogP contribution in [0.5, 0.6) is 0 Å². The van der Waals surface area contributed by atoms with Crippen molar-refractivity contribution in [3.63, 3.8) is 0 Å². The summed E-state index contributed by atoms with van der Waals surface area (Å²) in [6, 6.07) is 0. The minimum absolute atomic E-state index is 0.0480. The Morgan fingerprint density at radius 1 is 1.18 bits per heavy atom. The first kappa shape index (κ1) is 17.5. The molecule has 1 aliphatic rings. The van der Waals surface area contributed by atoms with Crippen molar-refractivity contribution in [2.75, 3.05) is 0 Å². The minimum Gasteiger partial charge on any atom is -0.321 e. The molecule has 1 amide bonds. The number of thiazole rings is 1. The fourth-order valence-corrected chi connectivity index (χ4v) is 4.44. The Hall–Kier alpha value is -0.900. The molecule has 1 aliphatic carbocycles. The van der Waals surface area contributed by atoms with E-state index in [1.54, 1.807) is 11.3 Å². The lowest BCUT2D eigenvalue weighted by Crippen LogP contribution is -2.19. The molecule has 3 nitrogen and oxygen atoms in total. The second-order valence-corrected chi connectivity index (χ2v) is 8.89. The maximum Gasteiger partial charge on any atom is 0.252 e. The third-order valence-corrected chi connectivity index (χ3v) is 6.94. The van der Waals surface area contributed by atoms with Crippen molar-refractivity contribution in [1.29, 1.82) is 0 Å². The molecular weight excluding hydrogens is 292 g/mol. The highest BCUT2D eigenvalue weighted by atomic mass is 32.1. The quantitative estimate of drug-likeness (QED) is 0.737. The molecule has 1 fully saturated rings. The molecule has 1 heterocycles. The molecule has 0 aliphatic heterocycles. The Morgan fingerprint density at radius 3 is 2.27 bits per heavy atom. The normalized spacial score (nSPS) is 20.4. The molecule has 1 saturated carbocycles. The zero-order valence-electron chi connectivity index (χ0n) is 15.1. The fraction of sp³-hybridized carbons (Fsp3) is 0.778. The predicted molar refractivity (Wildman–Crippen MR) is 92.9 cm³/mol. The number of rotatable bonds is 5. The molecule has 0 aromatic carbocycles. The monoisotopic (exact) mass is 322 g/mol. The lowest BCUT2D eigenvalue weighted by atomic mass is 10.0. The van der Waals surface area contributed by atoms with Crippen molar-refractivity contribution >= 4 is 17.2 Å². The summed E-state index contributed by atoms with van der Waals surface area (Å²) in [6.07, 6.45) is 3.57. The first-order chi connectivity index (χ1) is 10.1. The van der Waals surface area contributed by atoms with Gasteiger partial charge >= 0.3 is 0 Å². The summed E-state index contributed by atoms with van der Waals surface area (Å²) in [4.78, 5) is 19.3. The summed E-state index contributed by atoms with van der Waals surface area (Å²) >= 11 is 1.65. The van der Waals surface area contributed by atoms with Crippen molar-refractivity contribution in [1.82, 2.24) is 4.57 Å². The van der Waals surface area contributed by atoms with E-state index in [4.69, 9.17) is 0 Å². The molecule has 1 aromatic rings. The maximum atomic E-state index is 12.6. The van der Waals surface area contributed by atoms with E-state index >= 15 is 0 Å². The van der Waals surface area contributed by atoms with Gasteiger partial charge in [0.1, 0.15) is 0 Å². The van der Waals surface area contributed by atoms with Crippen LogP contribution in [0.1, 0.15) is 64.5 Å². The smallest absolute Gasteiger partial charge is 0.252 e. The molecule has 124 valence electrons. The highest BCUT2D eigenvalue weighted by Gasteiger charge is 2.68. The first-order valence-corrected chi connectivity index (χ1v) is 9.21. The molecule has 0 radical (unpaired) electrons. The van der Waals surface area contributed by atoms with E-state index in [9.17, 15) is 4.79 Å². The van der Waals surface area contributed by atoms with Crippen LogP contribution in [0.25, 0.3) is 0 Å². The zero-order valence-corrected chi connectivity index (χ0v) is 15.9. The Labute approximate surface area is 138 Å². The largest absolute Gasteiger partial charge is 0.321 e. The van der Waals surface area contributed by atoms with Gasteiger partial charge in [-0.3, -0.25) is 4.79 Å². The van der Waals surface area contributed by atoms with Crippen molar-refractivity contribution in [3.05, 3.63) is 15.4 Å². The van der Waals surface area contributed by atoms with E-state index in [1.807, 2.05) is 0 Å². The molecule has 4 heteroatoms. The topological polar surface area (TPSA) is 34.4 Å². The number of unbranched alkanes of at least 4 members (excludes halogenated alkanes) is 2. The van der Waals surface area contributed by atoms with Crippen molar-refractivity contribution in [3.8, 4) is 0 Å². The average Bonchev–Trinajstić information content (AvgIpc) is 2.67. The number of carbonyl (C=O) groups excluding carboxylic acids is 1. The summed E-state index contributed by atoms with van der Waals surface area (Å²) in [5, 5.41) is 0. The lowest BCUT2D eigenvalue weighted by molar-refractivity contribution is -0.120. The summed E-state index contributed by atoms with van der Waals surface area (Å²) < 4.78 is 2.23. The lowest BCUT2D eigenvalue weighted by Gasteiger charge is -2.05. The zero-order chi connectivity index (χ0) is 16.7. The number of nitrogens with zero attached hydrogens (tertiary/aromatic N) is 2. The molecule has 0 N–H and O–H groups in total. The van der Waals surface area contributed by atoms with E-state index in [0.29, 0.717) is 0 Å². The van der Waals surface area contributed by atoms with Crippen molar-refractivity contribution < 1.29 is 4.79 Å². The Balaban J connectivity index is 2.29. The van der Waals surface area contributed by atoms with Crippen LogP contribution in [0.2, 0.25) is 0 Å². The van der Waals surface area contributed by atoms with Gasteiger partial charge in [0, 0.05) is 17.1 Å². The van der Waals surface area contributed by atoms with Gasteiger partial charge in [-0.05, 0) is 31.1 Å². The van der Waals surface area contributed by atoms with Crippen LogP contribution < -0.4 is 4.80 Å². The maximum absolute atomic E-state index is 12.6. The first-order valence-electron chi connectivity index (χ1n) is 8.40. The van der Waals surface area contributed by atoms with E-state index in [2.05, 4.69) is 58.0 Å². The van der Waals surface area contributed by atoms with Gasteiger partial charge in [-0.2, -0.15) is 4.99 Å². The van der Waals surface area contributed by atoms with E-state index < -0.39 is 0 Å². The SMILES string of the molecule is CCCCCn1c(C)c(C)s/c1=N\C(=O)C1C(C)(C)C1(C)C. The summed E-state index contributed by atoms with van der Waals surface area (Å²) in [5.74, 6) is 0.104. The van der Waals surface area contributed by atoms with Gasteiger partial charge in [0.25, 0.3) is 5.91 Å². The second kappa shape index (κ2) is 5.95. The van der Waals surface area contributed by atoms with Gasteiger partial charge in [0.2, 0.25) is 0 Å². The third kappa shape index (κ3) is 2.82. The molecule has 0 atom stereocenters. The second-order valence-electron chi connectivity index (χ2n) is 7.71. The number of amides is 1. The molecule has 2 rings (SSSR count). The summed E-state index contributed by atoms with van der Waals surface area (Å²) in [6.45, 7) is 16.1. The number of carbonyl (C=O) groups is 1. The third-order valence-electron chi connectivity index (χ3n) is 5.85. The molecular formula is C18H30N2OS. The van der Waals surface area contributed by atoms with E-state index in [1.165, 1.54) is 23.4 Å². The van der Waals surface area contributed by atoms with Crippen LogP contribution in [0, 0.1) is 30.6 Å². The molecule has 0 saturated heterocycles. The predicted octanol–water partition coefficient (Wildman–Crippen LogP) is 4.47. The number of aromatic nitrogens is 1. The van der Waals surface area contributed by atoms with E-state index in [-0.39, 0.29) is 22.7 Å². The van der Waals surface area contributed by atoms with Crippen LogP contribution in [0.15, 0.2) is 4.99 Å². The van der Waals surface area contributed by atoms with Gasteiger partial charge < -0.3 is 4.57 Å². The van der Waals surface area contributed by atoms with Gasteiger partial charge in [0.05, 0.1) is 5.92 Å². The Kier molecular flexibility index (Phi) is 4.72. The van der Waals surface area contributed by atoms with Gasteiger partial charge in [-0.15, -0.1) is 11.3 Å². The van der Waals surface area contributed by atoms with Crippen molar-refractivity contribution in [2.24, 2.45) is 21.7 Å². The fourth-order valence-electron chi connectivity index (χ4n) is 3.44. The average molecular weight is 323 g/mol. The van der Waals surface area contributed by atoms with Crippen LogP contribution in [-0.2, 0) is 11.3 Å². The minimum atomic E-state index is 0.0480. The number of aryl methyl sites for hydroxylation is 1. The molecule has 1 aromatic heterocycles. The Morgan fingerprint density at radius 2 is 1.77 bits per heavy atom. The van der Waals surface area contributed by atoms with Gasteiger partial charge in [-0.1, -0.05) is 47.5 Å².